The average molecular weight is 341 g/mol. The quantitative estimate of drug-likeness (QED) is 0.843. The third-order valence-corrected chi connectivity index (χ3v) is 4.50. The minimum atomic E-state index is -3.60. The van der Waals surface area contributed by atoms with E-state index >= 15 is 0 Å². The van der Waals surface area contributed by atoms with Crippen LogP contribution in [0.4, 0.5) is 11.4 Å². The molecule has 0 saturated heterocycles. The molecule has 0 aliphatic rings. The van der Waals surface area contributed by atoms with Gasteiger partial charge in [-0.25, -0.2) is 8.42 Å². The van der Waals surface area contributed by atoms with Crippen LogP contribution in [0.3, 0.4) is 0 Å². The molecule has 0 aromatic heterocycles. The van der Waals surface area contributed by atoms with Gasteiger partial charge in [0.25, 0.3) is 10.0 Å². The smallest absolute Gasteiger partial charge is 0.261 e. The number of hydrogen-bond donors (Lipinski definition) is 2. The van der Waals surface area contributed by atoms with E-state index in [9.17, 15) is 8.42 Å². The summed E-state index contributed by atoms with van der Waals surface area (Å²) in [6.07, 6.45) is 0. The first kappa shape index (κ1) is 13.9. The van der Waals surface area contributed by atoms with Crippen molar-refractivity contribution in [3.8, 4) is 0 Å². The number of halogens is 1. The lowest BCUT2D eigenvalue weighted by atomic mass is 10.2. The minimum absolute atomic E-state index is 0.194. The Kier molecular flexibility index (Phi) is 3.82. The summed E-state index contributed by atoms with van der Waals surface area (Å²) in [6.45, 7) is 1.77. The molecule has 0 aliphatic heterocycles. The molecular weight excluding hydrogens is 328 g/mol. The van der Waals surface area contributed by atoms with Crippen LogP contribution in [0.2, 0.25) is 0 Å². The fourth-order valence-corrected chi connectivity index (χ4v) is 3.11. The molecule has 100 valence electrons. The molecule has 2 aromatic rings. The molecule has 0 amide bonds. The van der Waals surface area contributed by atoms with Gasteiger partial charge in [-0.2, -0.15) is 0 Å². The second-order valence-electron chi connectivity index (χ2n) is 4.13. The molecular formula is C13H13BrN2O2S. The van der Waals surface area contributed by atoms with Crippen LogP contribution in [0, 0.1) is 6.92 Å². The number of benzene rings is 2. The molecule has 3 N–H and O–H groups in total. The van der Waals surface area contributed by atoms with Gasteiger partial charge in [0.15, 0.2) is 0 Å². The van der Waals surface area contributed by atoms with Gasteiger partial charge in [-0.3, -0.25) is 4.72 Å². The lowest BCUT2D eigenvalue weighted by molar-refractivity contribution is 0.601. The number of nitrogens with one attached hydrogen (secondary N) is 1. The largest absolute Gasteiger partial charge is 0.399 e. The van der Waals surface area contributed by atoms with Gasteiger partial charge in [-0.1, -0.05) is 22.0 Å². The molecule has 4 nitrogen and oxygen atoms in total. The average Bonchev–Trinajstić information content (AvgIpc) is 2.32. The van der Waals surface area contributed by atoms with Crippen molar-refractivity contribution in [2.75, 3.05) is 10.5 Å². The number of anilines is 2. The molecule has 0 fully saturated rings. The van der Waals surface area contributed by atoms with Gasteiger partial charge in [0.1, 0.15) is 0 Å². The lowest BCUT2D eigenvalue weighted by Gasteiger charge is -2.09. The normalized spacial score (nSPS) is 11.3. The summed E-state index contributed by atoms with van der Waals surface area (Å²) in [5, 5.41) is 0. The fourth-order valence-electron chi connectivity index (χ4n) is 1.58. The molecule has 0 atom stereocenters. The second-order valence-corrected chi connectivity index (χ2v) is 6.73. The van der Waals surface area contributed by atoms with Crippen LogP contribution in [0.1, 0.15) is 5.56 Å². The van der Waals surface area contributed by atoms with Crippen LogP contribution in [0.5, 0.6) is 0 Å². The summed E-state index contributed by atoms with van der Waals surface area (Å²) < 4.78 is 27.7. The summed E-state index contributed by atoms with van der Waals surface area (Å²) >= 11 is 3.30. The first-order chi connectivity index (χ1) is 8.88. The maximum absolute atomic E-state index is 12.2. The molecule has 2 aromatic carbocycles. The van der Waals surface area contributed by atoms with E-state index in [2.05, 4.69) is 20.7 Å². The van der Waals surface area contributed by atoms with Gasteiger partial charge >= 0.3 is 0 Å². The molecule has 19 heavy (non-hydrogen) atoms. The summed E-state index contributed by atoms with van der Waals surface area (Å²) in [4.78, 5) is 0.194. The van der Waals surface area contributed by atoms with Crippen molar-refractivity contribution in [3.05, 3.63) is 52.5 Å². The summed E-state index contributed by atoms with van der Waals surface area (Å²) in [5.41, 5.74) is 7.49. The molecule has 0 saturated carbocycles. The SMILES string of the molecule is Cc1cc(S(=O)(=O)Nc2cccc(Br)c2)ccc1N. The van der Waals surface area contributed by atoms with Crippen LogP contribution in [0.25, 0.3) is 0 Å². The highest BCUT2D eigenvalue weighted by atomic mass is 79.9. The second kappa shape index (κ2) is 5.22. The standard InChI is InChI=1S/C13H13BrN2O2S/c1-9-7-12(5-6-13(9)15)19(17,18)16-11-4-2-3-10(14)8-11/h2-8,16H,15H2,1H3. The maximum atomic E-state index is 12.2. The van der Waals surface area contributed by atoms with E-state index in [0.29, 0.717) is 11.4 Å². The van der Waals surface area contributed by atoms with E-state index < -0.39 is 10.0 Å². The van der Waals surface area contributed by atoms with Crippen molar-refractivity contribution in [1.82, 2.24) is 0 Å². The third-order valence-electron chi connectivity index (χ3n) is 2.63. The molecule has 0 heterocycles. The summed E-state index contributed by atoms with van der Waals surface area (Å²) in [6, 6.07) is 11.6. The molecule has 0 unspecified atom stereocenters. The molecule has 0 bridgehead atoms. The summed E-state index contributed by atoms with van der Waals surface area (Å²) in [7, 11) is -3.60. The molecule has 6 heteroatoms. The zero-order chi connectivity index (χ0) is 14.0. The zero-order valence-electron chi connectivity index (χ0n) is 10.2. The zero-order valence-corrected chi connectivity index (χ0v) is 12.6. The van der Waals surface area contributed by atoms with E-state index in [1.165, 1.54) is 6.07 Å². The van der Waals surface area contributed by atoms with Gasteiger partial charge < -0.3 is 5.73 Å². The Labute approximate surface area is 120 Å². The van der Waals surface area contributed by atoms with Crippen molar-refractivity contribution >= 4 is 37.3 Å². The van der Waals surface area contributed by atoms with Crippen molar-refractivity contribution in [2.45, 2.75) is 11.8 Å². The Morgan fingerprint density at radius 2 is 1.89 bits per heavy atom. The topological polar surface area (TPSA) is 72.2 Å². The maximum Gasteiger partial charge on any atom is 0.261 e. The van der Waals surface area contributed by atoms with Gasteiger partial charge in [-0.15, -0.1) is 0 Å². The number of aryl methyl sites for hydroxylation is 1. The van der Waals surface area contributed by atoms with Gasteiger partial charge in [0, 0.05) is 15.8 Å². The highest BCUT2D eigenvalue weighted by molar-refractivity contribution is 9.10. The highest BCUT2D eigenvalue weighted by Gasteiger charge is 2.14. The van der Waals surface area contributed by atoms with Crippen molar-refractivity contribution in [1.29, 1.82) is 0 Å². The Bertz CT molecular complexity index is 714. The van der Waals surface area contributed by atoms with E-state index in [1.54, 1.807) is 37.3 Å². The van der Waals surface area contributed by atoms with Crippen LogP contribution in [-0.2, 0) is 10.0 Å². The highest BCUT2D eigenvalue weighted by Crippen LogP contribution is 2.21. The van der Waals surface area contributed by atoms with Crippen LogP contribution < -0.4 is 10.5 Å². The number of rotatable bonds is 3. The monoisotopic (exact) mass is 340 g/mol. The number of sulfonamides is 1. The fraction of sp³-hybridized carbons (Fsp3) is 0.0769. The predicted octanol–water partition coefficient (Wildman–Crippen LogP) is 3.14. The Morgan fingerprint density at radius 3 is 2.53 bits per heavy atom. The molecule has 0 spiro atoms. The molecule has 0 radical (unpaired) electrons. The van der Waals surface area contributed by atoms with E-state index in [1.807, 2.05) is 6.07 Å². The predicted molar refractivity (Wildman–Crippen MR) is 80.5 cm³/mol. The lowest BCUT2D eigenvalue weighted by Crippen LogP contribution is -2.13. The minimum Gasteiger partial charge on any atom is -0.399 e. The van der Waals surface area contributed by atoms with Crippen molar-refractivity contribution < 1.29 is 8.42 Å². The summed E-state index contributed by atoms with van der Waals surface area (Å²) in [5.74, 6) is 0. The first-order valence-corrected chi connectivity index (χ1v) is 7.80. The Morgan fingerprint density at radius 1 is 1.16 bits per heavy atom. The van der Waals surface area contributed by atoms with Crippen LogP contribution >= 0.6 is 15.9 Å². The number of hydrogen-bond acceptors (Lipinski definition) is 3. The van der Waals surface area contributed by atoms with Crippen molar-refractivity contribution in [2.24, 2.45) is 0 Å². The Balaban J connectivity index is 2.35. The van der Waals surface area contributed by atoms with Crippen molar-refractivity contribution in [3.63, 3.8) is 0 Å². The van der Waals surface area contributed by atoms with Gasteiger partial charge in [0.2, 0.25) is 0 Å². The van der Waals surface area contributed by atoms with Crippen LogP contribution in [-0.4, -0.2) is 8.42 Å². The third kappa shape index (κ3) is 3.27. The molecule has 2 rings (SSSR count). The van der Waals surface area contributed by atoms with Crippen LogP contribution in [0.15, 0.2) is 51.8 Å². The van der Waals surface area contributed by atoms with Gasteiger partial charge in [-0.05, 0) is 48.9 Å². The van der Waals surface area contributed by atoms with E-state index in [0.717, 1.165) is 10.0 Å². The number of nitrogens with two attached hydrogens (primary N) is 1. The van der Waals surface area contributed by atoms with Gasteiger partial charge in [0.05, 0.1) is 4.90 Å². The molecule has 0 aliphatic carbocycles. The first-order valence-electron chi connectivity index (χ1n) is 5.53. The van der Waals surface area contributed by atoms with E-state index in [-0.39, 0.29) is 4.90 Å². The number of nitrogen functional groups attached to an aromatic ring is 1. The Hall–Kier alpha value is -1.53. The van der Waals surface area contributed by atoms with E-state index in [4.69, 9.17) is 5.73 Å².